The fourth-order valence-corrected chi connectivity index (χ4v) is 2.39. The van der Waals surface area contributed by atoms with Crippen LogP contribution in [0.2, 0.25) is 0 Å². The summed E-state index contributed by atoms with van der Waals surface area (Å²) < 4.78 is 54.9. The van der Waals surface area contributed by atoms with Crippen LogP contribution in [0.25, 0.3) is 0 Å². The molecule has 3 nitrogen and oxygen atoms in total. The van der Waals surface area contributed by atoms with Crippen LogP contribution in [-0.4, -0.2) is 16.3 Å². The molecule has 0 fully saturated rings. The van der Waals surface area contributed by atoms with Crippen molar-refractivity contribution in [2.45, 2.75) is 19.7 Å². The molecule has 8 heteroatoms. The van der Waals surface area contributed by atoms with Crippen LogP contribution in [-0.2, 0) is 11.0 Å². The van der Waals surface area contributed by atoms with E-state index in [0.717, 1.165) is 6.07 Å². The zero-order chi connectivity index (χ0) is 13.8. The lowest BCUT2D eigenvalue weighted by atomic mass is 10.3. The third-order valence-electron chi connectivity index (χ3n) is 1.78. The van der Waals surface area contributed by atoms with Crippen LogP contribution in [0.5, 0.6) is 5.75 Å². The summed E-state index contributed by atoms with van der Waals surface area (Å²) >= 11 is 3.13. The third-order valence-corrected chi connectivity index (χ3v) is 3.50. The summed E-state index contributed by atoms with van der Waals surface area (Å²) in [5, 5.41) is 0. The highest BCUT2D eigenvalue weighted by Crippen LogP contribution is 2.32. The molecule has 1 aromatic carbocycles. The van der Waals surface area contributed by atoms with Crippen molar-refractivity contribution in [1.29, 1.82) is 0 Å². The van der Waals surface area contributed by atoms with Crippen molar-refractivity contribution in [3.8, 4) is 5.75 Å². The zero-order valence-electron chi connectivity index (χ0n) is 9.38. The molecule has 1 N–H and O–H groups in total. The Morgan fingerprint density at radius 3 is 2.67 bits per heavy atom. The summed E-state index contributed by atoms with van der Waals surface area (Å²) in [6.07, 6.45) is -4.13. The van der Waals surface area contributed by atoms with Crippen LogP contribution in [0.4, 0.5) is 18.9 Å². The van der Waals surface area contributed by atoms with E-state index in [2.05, 4.69) is 25.4 Å². The number of hydrogen-bond acceptors (Lipinski definition) is 2. The number of anilines is 1. The summed E-state index contributed by atoms with van der Waals surface area (Å²) in [5.41, 5.74) is 0.0356. The predicted octanol–water partition coefficient (Wildman–Crippen LogP) is 3.83. The van der Waals surface area contributed by atoms with Crippen LogP contribution in [0.1, 0.15) is 13.3 Å². The Hall–Kier alpha value is -0.760. The Kier molecular flexibility index (Phi) is 5.46. The lowest BCUT2D eigenvalue weighted by molar-refractivity contribution is -0.274. The normalized spacial score (nSPS) is 13.2. The fraction of sp³-hybridized carbons (Fsp3) is 0.400. The van der Waals surface area contributed by atoms with E-state index in [-0.39, 0.29) is 5.69 Å². The van der Waals surface area contributed by atoms with Crippen molar-refractivity contribution in [3.63, 3.8) is 0 Å². The number of rotatable bonds is 5. The van der Waals surface area contributed by atoms with Gasteiger partial charge in [-0.05, 0) is 24.6 Å². The van der Waals surface area contributed by atoms with E-state index in [4.69, 9.17) is 0 Å². The molecule has 0 aliphatic carbocycles. The second-order valence-corrected chi connectivity index (χ2v) is 5.56. The van der Waals surface area contributed by atoms with Gasteiger partial charge in [0.1, 0.15) is 11.0 Å². The maximum absolute atomic E-state index is 12.2. The summed E-state index contributed by atoms with van der Waals surface area (Å²) in [6.45, 7) is 1.83. The van der Waals surface area contributed by atoms with E-state index < -0.39 is 23.1 Å². The highest BCUT2D eigenvalue weighted by Gasteiger charge is 2.32. The zero-order valence-corrected chi connectivity index (χ0v) is 11.8. The van der Waals surface area contributed by atoms with Crippen molar-refractivity contribution >= 4 is 32.6 Å². The van der Waals surface area contributed by atoms with E-state index in [0.29, 0.717) is 16.6 Å². The number of benzene rings is 1. The van der Waals surface area contributed by atoms with Gasteiger partial charge >= 0.3 is 6.36 Å². The van der Waals surface area contributed by atoms with Gasteiger partial charge in [-0.3, -0.25) is 0 Å². The molecule has 0 aliphatic heterocycles. The third kappa shape index (κ3) is 5.26. The molecule has 0 aliphatic rings. The SMILES string of the molecule is CCCS(=O)Nc1cc(Br)ccc1OC(F)(F)F. The summed E-state index contributed by atoms with van der Waals surface area (Å²) in [5.74, 6) is -0.0621. The molecular weight excluding hydrogens is 335 g/mol. The quantitative estimate of drug-likeness (QED) is 0.880. The topological polar surface area (TPSA) is 38.3 Å². The van der Waals surface area contributed by atoms with Crippen LogP contribution in [0.15, 0.2) is 22.7 Å². The lowest BCUT2D eigenvalue weighted by Gasteiger charge is -2.14. The maximum Gasteiger partial charge on any atom is 0.573 e. The average molecular weight is 346 g/mol. The first-order valence-electron chi connectivity index (χ1n) is 5.02. The first kappa shape index (κ1) is 15.3. The molecule has 0 aromatic heterocycles. The summed E-state index contributed by atoms with van der Waals surface area (Å²) in [4.78, 5) is 0. The fourth-order valence-electron chi connectivity index (χ4n) is 1.15. The molecule has 0 saturated heterocycles. The van der Waals surface area contributed by atoms with Crippen molar-refractivity contribution in [2.75, 3.05) is 10.5 Å². The van der Waals surface area contributed by atoms with Gasteiger partial charge in [-0.25, -0.2) is 4.21 Å². The highest BCUT2D eigenvalue weighted by molar-refractivity contribution is 9.10. The molecule has 1 rings (SSSR count). The molecule has 0 spiro atoms. The maximum atomic E-state index is 12.2. The van der Waals surface area contributed by atoms with E-state index in [9.17, 15) is 17.4 Å². The molecule has 1 aromatic rings. The molecule has 102 valence electrons. The van der Waals surface area contributed by atoms with Crippen LogP contribution in [0, 0.1) is 0 Å². The molecule has 0 saturated carbocycles. The highest BCUT2D eigenvalue weighted by atomic mass is 79.9. The minimum Gasteiger partial charge on any atom is -0.404 e. The van der Waals surface area contributed by atoms with Crippen molar-refractivity contribution in [3.05, 3.63) is 22.7 Å². The van der Waals surface area contributed by atoms with Gasteiger partial charge in [0.25, 0.3) is 0 Å². The van der Waals surface area contributed by atoms with Gasteiger partial charge in [0.05, 0.1) is 5.69 Å². The largest absolute Gasteiger partial charge is 0.573 e. The first-order chi connectivity index (χ1) is 8.31. The average Bonchev–Trinajstić information content (AvgIpc) is 2.20. The van der Waals surface area contributed by atoms with Gasteiger partial charge < -0.3 is 9.46 Å². The molecule has 1 unspecified atom stereocenters. The van der Waals surface area contributed by atoms with Crippen LogP contribution in [0.3, 0.4) is 0 Å². The Balaban J connectivity index is 2.93. The number of nitrogens with one attached hydrogen (secondary N) is 1. The molecule has 0 amide bonds. The first-order valence-corrected chi connectivity index (χ1v) is 7.13. The van der Waals surface area contributed by atoms with Gasteiger partial charge in [0, 0.05) is 10.2 Å². The Bertz CT molecular complexity index is 440. The minimum absolute atomic E-state index is 0.0356. The monoisotopic (exact) mass is 345 g/mol. The number of alkyl halides is 3. The van der Waals surface area contributed by atoms with Crippen molar-refractivity contribution in [1.82, 2.24) is 0 Å². The summed E-state index contributed by atoms with van der Waals surface area (Å²) in [7, 11) is -1.44. The smallest absolute Gasteiger partial charge is 0.404 e. The molecule has 0 bridgehead atoms. The molecule has 0 radical (unpaired) electrons. The number of halogens is 4. The lowest BCUT2D eigenvalue weighted by Crippen LogP contribution is -2.19. The van der Waals surface area contributed by atoms with Gasteiger partial charge in [-0.2, -0.15) is 0 Å². The summed E-state index contributed by atoms with van der Waals surface area (Å²) in [6, 6.07) is 3.95. The second kappa shape index (κ2) is 6.42. The van der Waals surface area contributed by atoms with E-state index in [1.54, 1.807) is 0 Å². The minimum atomic E-state index is -4.78. The second-order valence-electron chi connectivity index (χ2n) is 3.34. The van der Waals surface area contributed by atoms with Crippen LogP contribution < -0.4 is 9.46 Å². The predicted molar refractivity (Wildman–Crippen MR) is 67.7 cm³/mol. The Morgan fingerprint density at radius 2 is 2.11 bits per heavy atom. The van der Waals surface area contributed by atoms with Crippen LogP contribution >= 0.6 is 15.9 Å². The Labute approximate surface area is 113 Å². The molecule has 18 heavy (non-hydrogen) atoms. The molecule has 0 heterocycles. The van der Waals surface area contributed by atoms with E-state index in [1.165, 1.54) is 12.1 Å². The van der Waals surface area contributed by atoms with Gasteiger partial charge in [-0.15, -0.1) is 13.2 Å². The van der Waals surface area contributed by atoms with Gasteiger partial charge in [-0.1, -0.05) is 22.9 Å². The Morgan fingerprint density at radius 1 is 1.44 bits per heavy atom. The van der Waals surface area contributed by atoms with E-state index in [1.807, 2.05) is 6.92 Å². The van der Waals surface area contributed by atoms with E-state index >= 15 is 0 Å². The number of hydrogen-bond donors (Lipinski definition) is 1. The van der Waals surface area contributed by atoms with Crippen molar-refractivity contribution < 1.29 is 22.1 Å². The van der Waals surface area contributed by atoms with Crippen molar-refractivity contribution in [2.24, 2.45) is 0 Å². The molecular formula is C10H11BrF3NO2S. The van der Waals surface area contributed by atoms with Gasteiger partial charge in [0.2, 0.25) is 0 Å². The number of ether oxygens (including phenoxy) is 1. The molecule has 1 atom stereocenters. The van der Waals surface area contributed by atoms with Gasteiger partial charge in [0.15, 0.2) is 5.75 Å². The standard InChI is InChI=1S/C10H11BrF3NO2S/c1-2-5-18(16)15-8-6-7(11)3-4-9(8)17-10(12,13)14/h3-4,6,15H,2,5H2,1H3.